The molecule has 2 rings (SSSR count). The highest BCUT2D eigenvalue weighted by molar-refractivity contribution is 6.03. The first-order chi connectivity index (χ1) is 11.3. The van der Waals surface area contributed by atoms with Gasteiger partial charge in [0.1, 0.15) is 0 Å². The summed E-state index contributed by atoms with van der Waals surface area (Å²) in [5, 5.41) is 0. The van der Waals surface area contributed by atoms with Gasteiger partial charge in [-0.1, -0.05) is 12.8 Å². The van der Waals surface area contributed by atoms with Crippen molar-refractivity contribution < 1.29 is 23.9 Å². The standard InChI is InChI=1S/C18H25NO5/c1-10-15(18(22)23-4)11(2)19-16(10)17(21)12(3)24-14(20)9-13-7-5-6-8-13/h12-13,19H,5-9H2,1-4H3/t12-/m1/s1. The number of aromatic amines is 1. The van der Waals surface area contributed by atoms with E-state index >= 15 is 0 Å². The highest BCUT2D eigenvalue weighted by Crippen LogP contribution is 2.28. The predicted octanol–water partition coefficient (Wildman–Crippen LogP) is 3.11. The van der Waals surface area contributed by atoms with E-state index in [2.05, 4.69) is 4.98 Å². The predicted molar refractivity (Wildman–Crippen MR) is 88.1 cm³/mol. The lowest BCUT2D eigenvalue weighted by Crippen LogP contribution is -2.26. The van der Waals surface area contributed by atoms with Crippen LogP contribution in [0.3, 0.4) is 0 Å². The molecule has 0 amide bonds. The molecule has 0 radical (unpaired) electrons. The van der Waals surface area contributed by atoms with Crippen LogP contribution in [0.5, 0.6) is 0 Å². The Balaban J connectivity index is 2.05. The van der Waals surface area contributed by atoms with Crippen LogP contribution in [0.1, 0.15) is 71.1 Å². The molecular formula is C18H25NO5. The van der Waals surface area contributed by atoms with Crippen LogP contribution < -0.4 is 0 Å². The summed E-state index contributed by atoms with van der Waals surface area (Å²) in [7, 11) is 1.29. The van der Waals surface area contributed by atoms with Gasteiger partial charge in [-0.05, 0) is 45.1 Å². The van der Waals surface area contributed by atoms with Gasteiger partial charge < -0.3 is 14.5 Å². The Kier molecular flexibility index (Phi) is 5.80. The molecule has 0 unspecified atom stereocenters. The molecule has 24 heavy (non-hydrogen) atoms. The van der Waals surface area contributed by atoms with Crippen molar-refractivity contribution >= 4 is 17.7 Å². The van der Waals surface area contributed by atoms with Crippen molar-refractivity contribution in [2.75, 3.05) is 7.11 Å². The topological polar surface area (TPSA) is 85.5 Å². The second-order valence-electron chi connectivity index (χ2n) is 6.47. The van der Waals surface area contributed by atoms with Crippen LogP contribution in [0.2, 0.25) is 0 Å². The largest absolute Gasteiger partial charge is 0.465 e. The molecule has 6 heteroatoms. The fourth-order valence-electron chi connectivity index (χ4n) is 3.36. The highest BCUT2D eigenvalue weighted by Gasteiger charge is 2.28. The van der Waals surface area contributed by atoms with Gasteiger partial charge in [0, 0.05) is 12.1 Å². The number of aryl methyl sites for hydroxylation is 1. The van der Waals surface area contributed by atoms with E-state index in [0.29, 0.717) is 29.2 Å². The zero-order chi connectivity index (χ0) is 17.9. The number of carbonyl (C=O) groups is 3. The molecule has 1 aliphatic carbocycles. The molecular weight excluding hydrogens is 310 g/mol. The Hall–Kier alpha value is -2.11. The molecule has 1 saturated carbocycles. The maximum absolute atomic E-state index is 12.6. The second kappa shape index (κ2) is 7.64. The number of ketones is 1. The van der Waals surface area contributed by atoms with Gasteiger partial charge in [-0.25, -0.2) is 4.79 Å². The summed E-state index contributed by atoms with van der Waals surface area (Å²) in [6, 6.07) is 0. The average molecular weight is 335 g/mol. The number of ether oxygens (including phenoxy) is 2. The number of methoxy groups -OCH3 is 1. The first-order valence-electron chi connectivity index (χ1n) is 8.36. The van der Waals surface area contributed by atoms with E-state index < -0.39 is 12.1 Å². The van der Waals surface area contributed by atoms with Gasteiger partial charge in [-0.2, -0.15) is 0 Å². The molecule has 132 valence electrons. The van der Waals surface area contributed by atoms with Crippen molar-refractivity contribution in [3.63, 3.8) is 0 Å². The van der Waals surface area contributed by atoms with Crippen molar-refractivity contribution in [3.8, 4) is 0 Å². The summed E-state index contributed by atoms with van der Waals surface area (Å²) in [5.74, 6) is -0.797. The third-order valence-corrected chi connectivity index (χ3v) is 4.68. The second-order valence-corrected chi connectivity index (χ2v) is 6.47. The molecule has 1 N–H and O–H groups in total. The molecule has 0 bridgehead atoms. The zero-order valence-electron chi connectivity index (χ0n) is 14.7. The van der Waals surface area contributed by atoms with Gasteiger partial charge in [0.25, 0.3) is 0 Å². The molecule has 1 heterocycles. The van der Waals surface area contributed by atoms with Gasteiger partial charge in [0.05, 0.1) is 18.4 Å². The molecule has 6 nitrogen and oxygen atoms in total. The van der Waals surface area contributed by atoms with Crippen LogP contribution >= 0.6 is 0 Å². The van der Waals surface area contributed by atoms with Crippen molar-refractivity contribution in [2.45, 2.75) is 59.0 Å². The lowest BCUT2D eigenvalue weighted by Gasteiger charge is -2.14. The average Bonchev–Trinajstić information content (AvgIpc) is 3.13. The zero-order valence-corrected chi connectivity index (χ0v) is 14.7. The van der Waals surface area contributed by atoms with Crippen LogP contribution in [0, 0.1) is 19.8 Å². The van der Waals surface area contributed by atoms with Crippen molar-refractivity contribution in [1.29, 1.82) is 0 Å². The number of hydrogen-bond donors (Lipinski definition) is 1. The third-order valence-electron chi connectivity index (χ3n) is 4.68. The van der Waals surface area contributed by atoms with Crippen molar-refractivity contribution in [3.05, 3.63) is 22.5 Å². The molecule has 1 aliphatic rings. The number of hydrogen-bond acceptors (Lipinski definition) is 5. The van der Waals surface area contributed by atoms with Gasteiger partial charge in [-0.3, -0.25) is 9.59 Å². The number of nitrogens with one attached hydrogen (secondary N) is 1. The first kappa shape index (κ1) is 18.2. The SMILES string of the molecule is COC(=O)c1c(C)[nH]c(C(=O)[C@@H](C)OC(=O)CC2CCCC2)c1C. The Morgan fingerprint density at radius 3 is 2.42 bits per heavy atom. The molecule has 1 fully saturated rings. The summed E-state index contributed by atoms with van der Waals surface area (Å²) in [4.78, 5) is 39.3. The van der Waals surface area contributed by atoms with E-state index in [0.717, 1.165) is 25.7 Å². The first-order valence-corrected chi connectivity index (χ1v) is 8.36. The van der Waals surface area contributed by atoms with E-state index in [9.17, 15) is 14.4 Å². The van der Waals surface area contributed by atoms with Gasteiger partial charge >= 0.3 is 11.9 Å². The Labute approximate surface area is 141 Å². The Morgan fingerprint density at radius 1 is 1.21 bits per heavy atom. The number of carbonyl (C=O) groups excluding carboxylic acids is 3. The fourth-order valence-corrected chi connectivity index (χ4v) is 3.36. The van der Waals surface area contributed by atoms with E-state index in [1.54, 1.807) is 20.8 Å². The monoisotopic (exact) mass is 335 g/mol. The smallest absolute Gasteiger partial charge is 0.339 e. The van der Waals surface area contributed by atoms with E-state index in [4.69, 9.17) is 9.47 Å². The number of Topliss-reactive ketones (excluding diaryl/α,β-unsaturated/α-hetero) is 1. The van der Waals surface area contributed by atoms with Gasteiger partial charge in [0.2, 0.25) is 5.78 Å². The molecule has 1 atom stereocenters. The molecule has 0 aromatic carbocycles. The Morgan fingerprint density at radius 2 is 1.83 bits per heavy atom. The van der Waals surface area contributed by atoms with Crippen LogP contribution in [0.15, 0.2) is 0 Å². The summed E-state index contributed by atoms with van der Waals surface area (Å²) < 4.78 is 10.0. The van der Waals surface area contributed by atoms with Crippen molar-refractivity contribution in [1.82, 2.24) is 4.98 Å². The van der Waals surface area contributed by atoms with E-state index in [1.165, 1.54) is 7.11 Å². The summed E-state index contributed by atoms with van der Waals surface area (Å²) >= 11 is 0. The van der Waals surface area contributed by atoms with Gasteiger partial charge in [-0.15, -0.1) is 0 Å². The maximum Gasteiger partial charge on any atom is 0.339 e. The molecule has 1 aromatic heterocycles. The number of esters is 2. The van der Waals surface area contributed by atoms with E-state index in [-0.39, 0.29) is 17.4 Å². The van der Waals surface area contributed by atoms with Gasteiger partial charge in [0.15, 0.2) is 6.10 Å². The quantitative estimate of drug-likeness (QED) is 0.638. The van der Waals surface area contributed by atoms with Crippen LogP contribution in [-0.2, 0) is 14.3 Å². The summed E-state index contributed by atoms with van der Waals surface area (Å²) in [6.07, 6.45) is 3.89. The molecule has 0 aliphatic heterocycles. The molecule has 1 aromatic rings. The fraction of sp³-hybridized carbons (Fsp3) is 0.611. The maximum atomic E-state index is 12.6. The van der Waals surface area contributed by atoms with Crippen molar-refractivity contribution in [2.24, 2.45) is 5.92 Å². The number of aromatic nitrogens is 1. The number of H-pyrrole nitrogens is 1. The molecule has 0 spiro atoms. The van der Waals surface area contributed by atoms with Crippen LogP contribution in [0.25, 0.3) is 0 Å². The van der Waals surface area contributed by atoms with E-state index in [1.807, 2.05) is 0 Å². The normalized spacial score (nSPS) is 16.0. The minimum absolute atomic E-state index is 0.286. The summed E-state index contributed by atoms with van der Waals surface area (Å²) in [6.45, 7) is 4.94. The molecule has 0 saturated heterocycles. The Bertz CT molecular complexity index is 640. The minimum Gasteiger partial charge on any atom is -0.465 e. The number of rotatable bonds is 6. The van der Waals surface area contributed by atoms with Crippen LogP contribution in [-0.4, -0.2) is 35.9 Å². The van der Waals surface area contributed by atoms with Crippen LogP contribution in [0.4, 0.5) is 0 Å². The summed E-state index contributed by atoms with van der Waals surface area (Å²) in [5.41, 5.74) is 1.72. The minimum atomic E-state index is -0.888. The lowest BCUT2D eigenvalue weighted by atomic mass is 10.0. The lowest BCUT2D eigenvalue weighted by molar-refractivity contribution is -0.147. The third kappa shape index (κ3) is 3.86. The highest BCUT2D eigenvalue weighted by atomic mass is 16.5.